The van der Waals surface area contributed by atoms with Gasteiger partial charge in [0.2, 0.25) is 0 Å². The predicted molar refractivity (Wildman–Crippen MR) is 128 cm³/mol. The Kier molecular flexibility index (Phi) is 5.53. The van der Waals surface area contributed by atoms with Gasteiger partial charge in [-0.2, -0.15) is 0 Å². The minimum Gasteiger partial charge on any atom is -0.310 e. The Hall–Kier alpha value is -3.57. The van der Waals surface area contributed by atoms with Crippen molar-refractivity contribution in [1.29, 1.82) is 0 Å². The maximum atomic E-state index is 13.3. The molecule has 0 spiro atoms. The van der Waals surface area contributed by atoms with Crippen LogP contribution < -0.4 is 16.2 Å². The molecule has 31 heavy (non-hydrogen) atoms. The number of hydrogen-bond donors (Lipinski definition) is 2. The molecule has 0 radical (unpaired) electrons. The van der Waals surface area contributed by atoms with E-state index in [9.17, 15) is 9.59 Å². The van der Waals surface area contributed by atoms with Gasteiger partial charge in [-0.25, -0.2) is 4.79 Å². The Balaban J connectivity index is 1.95. The summed E-state index contributed by atoms with van der Waals surface area (Å²) in [5.74, 6) is 0. The van der Waals surface area contributed by atoms with Crippen molar-refractivity contribution in [3.63, 3.8) is 0 Å². The van der Waals surface area contributed by atoms with Gasteiger partial charge in [-0.3, -0.25) is 4.79 Å². The van der Waals surface area contributed by atoms with E-state index in [4.69, 9.17) is 11.6 Å². The topological polar surface area (TPSA) is 63.1 Å². The maximum absolute atomic E-state index is 13.3. The lowest BCUT2D eigenvalue weighted by Gasteiger charge is -2.19. The van der Waals surface area contributed by atoms with Gasteiger partial charge in [-0.05, 0) is 55.3 Å². The van der Waals surface area contributed by atoms with Gasteiger partial charge < -0.3 is 15.2 Å². The van der Waals surface area contributed by atoms with Crippen molar-refractivity contribution in [2.24, 2.45) is 7.05 Å². The number of urea groups is 1. The predicted octanol–water partition coefficient (Wildman–Crippen LogP) is 6.12. The first-order chi connectivity index (χ1) is 14.9. The fourth-order valence-electron chi connectivity index (χ4n) is 3.65. The third-order valence-corrected chi connectivity index (χ3v) is 5.75. The van der Waals surface area contributed by atoms with Gasteiger partial charge >= 0.3 is 6.03 Å². The number of carbonyl (C=O) groups excluding carboxylic acids is 1. The molecule has 0 aliphatic heterocycles. The fourth-order valence-corrected chi connectivity index (χ4v) is 3.88. The Labute approximate surface area is 185 Å². The van der Waals surface area contributed by atoms with Gasteiger partial charge in [0.25, 0.3) is 5.56 Å². The molecule has 0 saturated heterocycles. The molecule has 6 heteroatoms. The molecule has 4 rings (SSSR count). The lowest BCUT2D eigenvalue weighted by molar-refractivity contribution is 0.262. The van der Waals surface area contributed by atoms with Crippen LogP contribution in [-0.2, 0) is 7.05 Å². The molecule has 0 aliphatic rings. The number of para-hydroxylation sites is 1. The Morgan fingerprint density at radius 1 is 0.903 bits per heavy atom. The van der Waals surface area contributed by atoms with E-state index in [0.29, 0.717) is 21.8 Å². The van der Waals surface area contributed by atoms with Crippen molar-refractivity contribution < 1.29 is 4.79 Å². The molecule has 2 N–H and O–H groups in total. The Bertz CT molecular complexity index is 1360. The van der Waals surface area contributed by atoms with Gasteiger partial charge in [0.05, 0.1) is 5.52 Å². The van der Waals surface area contributed by atoms with E-state index in [1.54, 1.807) is 29.8 Å². The van der Waals surface area contributed by atoms with Crippen LogP contribution in [0, 0.1) is 13.8 Å². The number of aromatic nitrogens is 1. The highest BCUT2D eigenvalue weighted by Crippen LogP contribution is 2.38. The molecule has 0 unspecified atom stereocenters. The summed E-state index contributed by atoms with van der Waals surface area (Å²) in [5, 5.41) is 6.89. The molecule has 4 aromatic rings. The quantitative estimate of drug-likeness (QED) is 0.410. The number of hydrogen-bond acceptors (Lipinski definition) is 2. The van der Waals surface area contributed by atoms with Gasteiger partial charge in [0, 0.05) is 34.3 Å². The molecule has 5 nitrogen and oxygen atoms in total. The minimum atomic E-state index is -0.500. The molecule has 1 aromatic heterocycles. The molecule has 3 aromatic carbocycles. The van der Waals surface area contributed by atoms with Crippen LogP contribution in [-0.4, -0.2) is 10.6 Å². The van der Waals surface area contributed by atoms with E-state index in [1.165, 1.54) is 0 Å². The average Bonchev–Trinajstić information content (AvgIpc) is 2.75. The van der Waals surface area contributed by atoms with Crippen LogP contribution in [0.1, 0.15) is 11.1 Å². The summed E-state index contributed by atoms with van der Waals surface area (Å²) in [6.07, 6.45) is 0. The average molecular weight is 432 g/mol. The molecular weight excluding hydrogens is 410 g/mol. The number of aryl methyl sites for hydroxylation is 3. The van der Waals surface area contributed by atoms with Crippen molar-refractivity contribution in [3.8, 4) is 11.1 Å². The van der Waals surface area contributed by atoms with Crippen molar-refractivity contribution in [1.82, 2.24) is 4.57 Å². The minimum absolute atomic E-state index is 0.180. The molecule has 0 saturated carbocycles. The lowest BCUT2D eigenvalue weighted by atomic mass is 9.96. The summed E-state index contributed by atoms with van der Waals surface area (Å²) in [4.78, 5) is 26.1. The summed E-state index contributed by atoms with van der Waals surface area (Å²) < 4.78 is 1.56. The number of amides is 2. The third kappa shape index (κ3) is 3.92. The number of pyridine rings is 1. The monoisotopic (exact) mass is 431 g/mol. The highest BCUT2D eigenvalue weighted by Gasteiger charge is 2.21. The van der Waals surface area contributed by atoms with Crippen LogP contribution in [0.4, 0.5) is 16.2 Å². The fraction of sp³-hybridized carbons (Fsp3) is 0.120. The van der Waals surface area contributed by atoms with Crippen molar-refractivity contribution in [3.05, 3.63) is 93.2 Å². The largest absolute Gasteiger partial charge is 0.323 e. The van der Waals surface area contributed by atoms with Crippen LogP contribution in [0.3, 0.4) is 0 Å². The van der Waals surface area contributed by atoms with Crippen molar-refractivity contribution >= 4 is 39.9 Å². The van der Waals surface area contributed by atoms with Crippen LogP contribution in [0.25, 0.3) is 22.0 Å². The maximum Gasteiger partial charge on any atom is 0.323 e. The normalized spacial score (nSPS) is 10.8. The summed E-state index contributed by atoms with van der Waals surface area (Å²) in [7, 11) is 1.70. The number of anilines is 2. The van der Waals surface area contributed by atoms with E-state index >= 15 is 0 Å². The first-order valence-corrected chi connectivity index (χ1v) is 10.3. The standard InChI is InChI=1S/C25H22ClN3O2/c1-15-13-19-21(14-16(15)2)29(3)24(30)23(22(19)18-11-7-8-12-20(18)26)28-25(31)27-17-9-5-4-6-10-17/h4-14H,1-3H3,(H2,27,28,31). The van der Waals surface area contributed by atoms with Gasteiger partial charge in [0.1, 0.15) is 5.69 Å². The van der Waals surface area contributed by atoms with Crippen LogP contribution in [0.5, 0.6) is 0 Å². The molecule has 0 fully saturated rings. The van der Waals surface area contributed by atoms with Gasteiger partial charge in [-0.1, -0.05) is 48.0 Å². The molecule has 0 aliphatic carbocycles. The molecule has 156 valence electrons. The summed E-state index contributed by atoms with van der Waals surface area (Å²) in [5.41, 5.74) is 4.73. The highest BCUT2D eigenvalue weighted by atomic mass is 35.5. The number of nitrogens with zero attached hydrogens (tertiary/aromatic N) is 1. The zero-order valence-electron chi connectivity index (χ0n) is 17.5. The van der Waals surface area contributed by atoms with Gasteiger partial charge in [0.15, 0.2) is 0 Å². The second-order valence-electron chi connectivity index (χ2n) is 7.49. The van der Waals surface area contributed by atoms with Crippen LogP contribution in [0.2, 0.25) is 5.02 Å². The van der Waals surface area contributed by atoms with Gasteiger partial charge in [-0.15, -0.1) is 0 Å². The SMILES string of the molecule is Cc1cc2c(-c3ccccc3Cl)c(NC(=O)Nc3ccccc3)c(=O)n(C)c2cc1C. The zero-order valence-corrected chi connectivity index (χ0v) is 18.2. The number of fused-ring (bicyclic) bond motifs is 1. The first-order valence-electron chi connectivity index (χ1n) is 9.88. The molecule has 0 bridgehead atoms. The van der Waals surface area contributed by atoms with E-state index < -0.39 is 6.03 Å². The molecular formula is C25H22ClN3O2. The molecule has 2 amide bonds. The number of halogens is 1. The Morgan fingerprint density at radius 3 is 2.26 bits per heavy atom. The first kappa shape index (κ1) is 20.7. The molecule has 1 heterocycles. The summed E-state index contributed by atoms with van der Waals surface area (Å²) >= 11 is 6.52. The summed E-state index contributed by atoms with van der Waals surface area (Å²) in [6.45, 7) is 4.03. The number of carbonyl (C=O) groups is 1. The third-order valence-electron chi connectivity index (χ3n) is 5.42. The smallest absolute Gasteiger partial charge is 0.310 e. The zero-order chi connectivity index (χ0) is 22.1. The molecule has 0 atom stereocenters. The lowest BCUT2D eigenvalue weighted by Crippen LogP contribution is -2.28. The second kappa shape index (κ2) is 8.28. The number of rotatable bonds is 3. The van der Waals surface area contributed by atoms with Crippen LogP contribution in [0.15, 0.2) is 71.5 Å². The van der Waals surface area contributed by atoms with Crippen LogP contribution >= 0.6 is 11.6 Å². The number of nitrogens with one attached hydrogen (secondary N) is 2. The van der Waals surface area contributed by atoms with Crippen molar-refractivity contribution in [2.75, 3.05) is 10.6 Å². The van der Waals surface area contributed by atoms with E-state index in [1.807, 2.05) is 62.4 Å². The summed E-state index contributed by atoms with van der Waals surface area (Å²) in [6, 6.07) is 19.9. The Morgan fingerprint density at radius 2 is 1.55 bits per heavy atom. The van der Waals surface area contributed by atoms with E-state index in [-0.39, 0.29) is 11.2 Å². The highest BCUT2D eigenvalue weighted by molar-refractivity contribution is 6.34. The van der Waals surface area contributed by atoms with Crippen molar-refractivity contribution in [2.45, 2.75) is 13.8 Å². The van der Waals surface area contributed by atoms with E-state index in [2.05, 4.69) is 10.6 Å². The second-order valence-corrected chi connectivity index (χ2v) is 7.90. The van der Waals surface area contributed by atoms with E-state index in [0.717, 1.165) is 22.0 Å². The number of benzene rings is 3.